The van der Waals surface area contributed by atoms with E-state index in [2.05, 4.69) is 49.6 Å². The fraction of sp³-hybridized carbons (Fsp3) is 0.478. The van der Waals surface area contributed by atoms with Gasteiger partial charge in [0.15, 0.2) is 0 Å². The Morgan fingerprint density at radius 1 is 1.27 bits per heavy atom. The van der Waals surface area contributed by atoms with Crippen molar-refractivity contribution in [2.24, 2.45) is 5.92 Å². The molecule has 0 aliphatic carbocycles. The fourth-order valence-electron chi connectivity index (χ4n) is 5.02. The Labute approximate surface area is 196 Å². The van der Waals surface area contributed by atoms with Crippen molar-refractivity contribution >= 4 is 17.8 Å². The zero-order valence-corrected chi connectivity index (χ0v) is 19.8. The normalized spacial score (nSPS) is 19.6. The maximum absolute atomic E-state index is 13.3. The number of rotatable bonds is 6. The summed E-state index contributed by atoms with van der Waals surface area (Å²) >= 11 is 1.66. The summed E-state index contributed by atoms with van der Waals surface area (Å²) in [5, 5.41) is 17.2. The Morgan fingerprint density at radius 3 is 2.79 bits per heavy atom. The van der Waals surface area contributed by atoms with Crippen LogP contribution in [0.15, 0.2) is 34.7 Å². The average Bonchev–Trinajstić information content (AvgIpc) is 3.43. The van der Waals surface area contributed by atoms with Crippen molar-refractivity contribution in [2.75, 3.05) is 20.1 Å². The lowest BCUT2D eigenvalue weighted by molar-refractivity contribution is -0.122. The number of nitrogens with one attached hydrogen (secondary N) is 1. The first kappa shape index (κ1) is 23.3. The van der Waals surface area contributed by atoms with E-state index >= 15 is 0 Å². The Bertz CT molecular complexity index is 1130. The number of aryl methyl sites for hydroxylation is 1. The van der Waals surface area contributed by atoms with Gasteiger partial charge in [-0.2, -0.15) is 5.10 Å². The van der Waals surface area contributed by atoms with Gasteiger partial charge in [-0.25, -0.2) is 4.98 Å². The molecule has 0 unspecified atom stereocenters. The van der Waals surface area contributed by atoms with Crippen LogP contribution in [0, 0.1) is 12.8 Å². The highest BCUT2D eigenvalue weighted by atomic mass is 32.1. The molecule has 2 N–H and O–H groups in total. The summed E-state index contributed by atoms with van der Waals surface area (Å²) in [6.45, 7) is 7.06. The zero-order chi connectivity index (χ0) is 23.4. The number of fused-ring (bicyclic) bond motifs is 4. The van der Waals surface area contributed by atoms with E-state index in [0.717, 1.165) is 49.0 Å². The first-order chi connectivity index (χ1) is 16.0. The van der Waals surface area contributed by atoms with Crippen LogP contribution >= 0.6 is 11.3 Å². The second-order valence-corrected chi connectivity index (χ2v) is 9.89. The summed E-state index contributed by atoms with van der Waals surface area (Å²) in [4.78, 5) is 30.7. The molecule has 33 heavy (non-hydrogen) atoms. The Balaban J connectivity index is 0.000000821. The van der Waals surface area contributed by atoms with Gasteiger partial charge < -0.3 is 9.67 Å². The predicted molar refractivity (Wildman–Crippen MR) is 126 cm³/mol. The topological polar surface area (TPSA) is 107 Å². The van der Waals surface area contributed by atoms with Crippen molar-refractivity contribution in [1.29, 1.82) is 0 Å². The number of hydrogen-bond acceptors (Lipinski definition) is 7. The summed E-state index contributed by atoms with van der Waals surface area (Å²) in [5.74, 6) is 0.962. The number of likely N-dealkylation sites (tertiary alicyclic amines) is 1. The minimum Gasteiger partial charge on any atom is -0.483 e. The van der Waals surface area contributed by atoms with Gasteiger partial charge in [0.1, 0.15) is 5.01 Å². The number of thiazole rings is 1. The monoisotopic (exact) mass is 470 g/mol. The molecule has 1 fully saturated rings. The number of nitrogens with zero attached hydrogens (tertiary/aromatic N) is 5. The van der Waals surface area contributed by atoms with Gasteiger partial charge in [-0.1, -0.05) is 6.07 Å². The molecule has 5 rings (SSSR count). The number of hydrogen-bond donors (Lipinski definition) is 2. The third-order valence-corrected chi connectivity index (χ3v) is 7.18. The van der Waals surface area contributed by atoms with E-state index in [1.807, 2.05) is 23.8 Å². The summed E-state index contributed by atoms with van der Waals surface area (Å²) in [6.07, 6.45) is 4.95. The van der Waals surface area contributed by atoms with Crippen LogP contribution in [0.4, 0.5) is 0 Å². The molecular formula is C23H30N6O3S. The SMILES string of the molecule is Cc1[nH]ncc1CN1C[C@@H]2C[C@H](C1)c1ccc(CN(C)Cc3nccs3)c(=O)n1C2.O=CO. The van der Waals surface area contributed by atoms with Crippen LogP contribution in [0.3, 0.4) is 0 Å². The lowest BCUT2D eigenvalue weighted by atomic mass is 9.83. The van der Waals surface area contributed by atoms with Gasteiger partial charge in [-0.05, 0) is 32.4 Å². The van der Waals surface area contributed by atoms with Gasteiger partial charge in [0.25, 0.3) is 12.0 Å². The third-order valence-electron chi connectivity index (χ3n) is 6.42. The van der Waals surface area contributed by atoms with Crippen molar-refractivity contribution in [3.63, 3.8) is 0 Å². The summed E-state index contributed by atoms with van der Waals surface area (Å²) < 4.78 is 2.06. The molecule has 0 spiro atoms. The second-order valence-electron chi connectivity index (χ2n) is 8.92. The Morgan fingerprint density at radius 2 is 2.09 bits per heavy atom. The first-order valence-electron chi connectivity index (χ1n) is 11.1. The van der Waals surface area contributed by atoms with Crippen molar-refractivity contribution in [1.82, 2.24) is 29.5 Å². The van der Waals surface area contributed by atoms with Crippen LogP contribution in [0.2, 0.25) is 0 Å². The zero-order valence-electron chi connectivity index (χ0n) is 19.0. The molecular weight excluding hydrogens is 440 g/mol. The number of aromatic nitrogens is 4. The van der Waals surface area contributed by atoms with Crippen molar-refractivity contribution in [2.45, 2.75) is 45.4 Å². The standard InChI is InChI=1S/C22H28N6OS.CH2O2/c1-15-19(8-24-25-15)13-27-9-16-7-18(12-27)20-4-3-17(22(29)28(20)10-16)11-26(2)14-21-23-5-6-30-21;2-1-3/h3-6,8,16,18H,7,9-14H2,1-2H3,(H,24,25);1H,(H,2,3)/t16-,18+;/m0./s1. The van der Waals surface area contributed by atoms with Gasteiger partial charge >= 0.3 is 0 Å². The van der Waals surface area contributed by atoms with Crippen LogP contribution in [-0.4, -0.2) is 61.3 Å². The molecule has 2 aliphatic rings. The number of piperidine rings is 1. The molecule has 2 bridgehead atoms. The van der Waals surface area contributed by atoms with Crippen molar-refractivity contribution in [3.05, 3.63) is 67.8 Å². The number of pyridine rings is 1. The molecule has 2 atom stereocenters. The highest BCUT2D eigenvalue weighted by Gasteiger charge is 2.35. The van der Waals surface area contributed by atoms with Gasteiger partial charge in [0.05, 0.1) is 12.7 Å². The Hall–Kier alpha value is -2.82. The van der Waals surface area contributed by atoms with Crippen LogP contribution in [-0.2, 0) is 31.0 Å². The third kappa shape index (κ3) is 5.40. The fourth-order valence-corrected chi connectivity index (χ4v) is 5.72. The molecule has 0 aromatic carbocycles. The van der Waals surface area contributed by atoms with E-state index in [-0.39, 0.29) is 12.0 Å². The summed E-state index contributed by atoms with van der Waals surface area (Å²) in [7, 11) is 2.05. The molecule has 1 saturated heterocycles. The minimum atomic E-state index is -0.250. The number of H-pyrrole nitrogens is 1. The molecule has 0 radical (unpaired) electrons. The Kier molecular flexibility index (Phi) is 7.36. The molecule has 176 valence electrons. The predicted octanol–water partition coefficient (Wildman–Crippen LogP) is 2.29. The molecule has 0 amide bonds. The van der Waals surface area contributed by atoms with Crippen LogP contribution in [0.25, 0.3) is 0 Å². The highest BCUT2D eigenvalue weighted by Crippen LogP contribution is 2.35. The average molecular weight is 471 g/mol. The maximum atomic E-state index is 13.3. The van der Waals surface area contributed by atoms with E-state index in [1.54, 1.807) is 11.3 Å². The molecule has 9 nitrogen and oxygen atoms in total. The van der Waals surface area contributed by atoms with E-state index in [4.69, 9.17) is 9.90 Å². The lowest BCUT2D eigenvalue weighted by Crippen LogP contribution is -2.47. The quantitative estimate of drug-likeness (QED) is 0.532. The molecule has 3 aromatic rings. The van der Waals surface area contributed by atoms with E-state index in [1.165, 1.54) is 17.7 Å². The summed E-state index contributed by atoms with van der Waals surface area (Å²) in [5.41, 5.74) is 4.69. The molecule has 0 saturated carbocycles. The van der Waals surface area contributed by atoms with Crippen molar-refractivity contribution < 1.29 is 9.90 Å². The van der Waals surface area contributed by atoms with Crippen LogP contribution in [0.5, 0.6) is 0 Å². The number of carbonyl (C=O) groups is 1. The first-order valence-corrected chi connectivity index (χ1v) is 11.9. The van der Waals surface area contributed by atoms with Gasteiger partial charge in [0.2, 0.25) is 0 Å². The number of aromatic amines is 1. The largest absolute Gasteiger partial charge is 0.483 e. The molecule has 3 aromatic heterocycles. The van der Waals surface area contributed by atoms with Gasteiger partial charge in [-0.15, -0.1) is 11.3 Å². The van der Waals surface area contributed by atoms with E-state index in [9.17, 15) is 4.79 Å². The summed E-state index contributed by atoms with van der Waals surface area (Å²) in [6, 6.07) is 4.24. The lowest BCUT2D eigenvalue weighted by Gasteiger charge is -2.43. The maximum Gasteiger partial charge on any atom is 0.290 e. The van der Waals surface area contributed by atoms with Crippen LogP contribution < -0.4 is 5.56 Å². The van der Waals surface area contributed by atoms with Crippen LogP contribution in [0.1, 0.15) is 39.9 Å². The molecule has 5 heterocycles. The van der Waals surface area contributed by atoms with E-state index in [0.29, 0.717) is 18.4 Å². The van der Waals surface area contributed by atoms with Gasteiger partial charge in [0, 0.05) is 72.7 Å². The molecule has 10 heteroatoms. The molecule has 2 aliphatic heterocycles. The number of carboxylic acid groups (broad SMARTS) is 1. The van der Waals surface area contributed by atoms with Gasteiger partial charge in [-0.3, -0.25) is 24.5 Å². The second kappa shape index (κ2) is 10.4. The minimum absolute atomic E-state index is 0.187. The highest BCUT2D eigenvalue weighted by molar-refractivity contribution is 7.09. The van der Waals surface area contributed by atoms with Crippen molar-refractivity contribution in [3.8, 4) is 0 Å². The smallest absolute Gasteiger partial charge is 0.290 e. The van der Waals surface area contributed by atoms with E-state index < -0.39 is 0 Å².